The van der Waals surface area contributed by atoms with Crippen LogP contribution in [0.5, 0.6) is 5.75 Å². The zero-order valence-corrected chi connectivity index (χ0v) is 18.8. The van der Waals surface area contributed by atoms with Crippen molar-refractivity contribution in [3.8, 4) is 5.75 Å². The van der Waals surface area contributed by atoms with E-state index in [1.165, 1.54) is 0 Å². The molecule has 1 aromatic heterocycles. The third-order valence-corrected chi connectivity index (χ3v) is 5.36. The van der Waals surface area contributed by atoms with Crippen molar-refractivity contribution >= 4 is 35.1 Å². The normalized spacial score (nSPS) is 17.0. The number of nitrogens with zero attached hydrogens (tertiary/aromatic N) is 3. The third-order valence-electron chi connectivity index (χ3n) is 4.65. The van der Waals surface area contributed by atoms with Crippen LogP contribution in [0.25, 0.3) is 0 Å². The highest BCUT2D eigenvalue weighted by Crippen LogP contribution is 2.26. The summed E-state index contributed by atoms with van der Waals surface area (Å²) in [5.41, 5.74) is 0.292. The van der Waals surface area contributed by atoms with Crippen LogP contribution < -0.4 is 15.0 Å². The minimum Gasteiger partial charge on any atom is -0.486 e. The fourth-order valence-electron chi connectivity index (χ4n) is 2.87. The molecule has 9 heteroatoms. The molecule has 1 aliphatic rings. The monoisotopic (exact) mass is 452 g/mol. The van der Waals surface area contributed by atoms with E-state index in [4.69, 9.17) is 32.7 Å². The average Bonchev–Trinajstić information content (AvgIpc) is 2.71. The van der Waals surface area contributed by atoms with Gasteiger partial charge < -0.3 is 19.7 Å². The first-order valence-electron chi connectivity index (χ1n) is 9.76. The molecule has 1 aromatic carbocycles. The Hall–Kier alpha value is -2.09. The van der Waals surface area contributed by atoms with E-state index in [1.807, 2.05) is 25.7 Å². The molecule has 0 bridgehead atoms. The molecule has 162 valence electrons. The number of aromatic nitrogens is 2. The average molecular weight is 453 g/mol. The van der Waals surface area contributed by atoms with Crippen LogP contribution in [0.3, 0.4) is 0 Å². The second kappa shape index (κ2) is 9.81. The molecule has 1 amide bonds. The van der Waals surface area contributed by atoms with Gasteiger partial charge in [0, 0.05) is 40.7 Å². The van der Waals surface area contributed by atoms with Crippen LogP contribution in [-0.4, -0.2) is 48.2 Å². The fourth-order valence-corrected chi connectivity index (χ4v) is 3.38. The zero-order chi connectivity index (χ0) is 21.7. The van der Waals surface area contributed by atoms with Crippen molar-refractivity contribution < 1.29 is 14.3 Å². The zero-order valence-electron chi connectivity index (χ0n) is 17.3. The highest BCUT2D eigenvalue weighted by atomic mass is 35.5. The summed E-state index contributed by atoms with van der Waals surface area (Å²) in [7, 11) is 0. The number of ether oxygens (including phenoxy) is 2. The summed E-state index contributed by atoms with van der Waals surface area (Å²) in [6.45, 7) is 8.15. The van der Waals surface area contributed by atoms with Crippen molar-refractivity contribution in [2.75, 3.05) is 31.1 Å². The summed E-state index contributed by atoms with van der Waals surface area (Å²) < 4.78 is 11.5. The Morgan fingerprint density at radius 2 is 1.93 bits per heavy atom. The van der Waals surface area contributed by atoms with Gasteiger partial charge in [0.15, 0.2) is 5.75 Å². The van der Waals surface area contributed by atoms with Crippen molar-refractivity contribution in [1.82, 2.24) is 15.3 Å². The number of hydrogen-bond donors (Lipinski definition) is 1. The van der Waals surface area contributed by atoms with Gasteiger partial charge >= 0.3 is 0 Å². The quantitative estimate of drug-likeness (QED) is 0.719. The number of carbonyl (C=O) groups excluding carboxylic acids is 1. The molecule has 1 saturated heterocycles. The van der Waals surface area contributed by atoms with Crippen LogP contribution in [0.4, 0.5) is 5.95 Å². The van der Waals surface area contributed by atoms with E-state index in [-0.39, 0.29) is 18.6 Å². The maximum atomic E-state index is 12.1. The van der Waals surface area contributed by atoms with Crippen LogP contribution in [0.2, 0.25) is 10.0 Å². The van der Waals surface area contributed by atoms with E-state index < -0.39 is 5.41 Å². The van der Waals surface area contributed by atoms with Gasteiger partial charge in [-0.15, -0.1) is 0 Å². The fraction of sp³-hybridized carbons (Fsp3) is 0.476. The number of nitrogens with one attached hydrogen (secondary N) is 1. The minimum absolute atomic E-state index is 0.000372. The van der Waals surface area contributed by atoms with Gasteiger partial charge in [-0.1, -0.05) is 50.0 Å². The van der Waals surface area contributed by atoms with Crippen molar-refractivity contribution in [3.63, 3.8) is 0 Å². The highest BCUT2D eigenvalue weighted by Gasteiger charge is 2.26. The van der Waals surface area contributed by atoms with Crippen molar-refractivity contribution in [3.05, 3.63) is 46.2 Å². The summed E-state index contributed by atoms with van der Waals surface area (Å²) >= 11 is 12.3. The standard InChI is InChI=1S/C21H26Cl2N4O3/c1-21(2,3)19(28)24-11-15-12-27(7-8-29-15)20-25-9-14(10-26-20)30-13-16-17(22)5-4-6-18(16)23/h4-6,9-10,15H,7-8,11-13H2,1-3H3,(H,24,28). The molecule has 7 nitrogen and oxygen atoms in total. The van der Waals surface area contributed by atoms with Crippen LogP contribution in [0.1, 0.15) is 26.3 Å². The van der Waals surface area contributed by atoms with E-state index in [2.05, 4.69) is 15.3 Å². The Bertz CT molecular complexity index is 851. The third kappa shape index (κ3) is 5.97. The Labute approximate surface area is 186 Å². The van der Waals surface area contributed by atoms with E-state index in [9.17, 15) is 4.79 Å². The minimum atomic E-state index is -0.429. The molecule has 2 aromatic rings. The molecule has 2 heterocycles. The summed E-state index contributed by atoms with van der Waals surface area (Å²) in [5.74, 6) is 1.12. The van der Waals surface area contributed by atoms with Crippen LogP contribution in [0.15, 0.2) is 30.6 Å². The second-order valence-electron chi connectivity index (χ2n) is 8.11. The molecule has 0 radical (unpaired) electrons. The molecule has 1 atom stereocenters. The molecule has 1 aliphatic heterocycles. The van der Waals surface area contributed by atoms with Gasteiger partial charge in [0.25, 0.3) is 0 Å². The predicted molar refractivity (Wildman–Crippen MR) is 117 cm³/mol. The maximum Gasteiger partial charge on any atom is 0.225 e. The van der Waals surface area contributed by atoms with Gasteiger partial charge in [-0.3, -0.25) is 4.79 Å². The highest BCUT2D eigenvalue weighted by molar-refractivity contribution is 6.35. The van der Waals surface area contributed by atoms with E-state index in [1.54, 1.807) is 30.6 Å². The SMILES string of the molecule is CC(C)(C)C(=O)NCC1CN(c2ncc(OCc3c(Cl)cccc3Cl)cn2)CCO1. The lowest BCUT2D eigenvalue weighted by Crippen LogP contribution is -2.49. The van der Waals surface area contributed by atoms with Crippen LogP contribution in [-0.2, 0) is 16.1 Å². The molecule has 30 heavy (non-hydrogen) atoms. The number of carbonyl (C=O) groups is 1. The van der Waals surface area contributed by atoms with Crippen molar-refractivity contribution in [2.45, 2.75) is 33.5 Å². The first-order valence-corrected chi connectivity index (χ1v) is 10.5. The Balaban J connectivity index is 1.54. The summed E-state index contributed by atoms with van der Waals surface area (Å²) in [6.07, 6.45) is 3.13. The van der Waals surface area contributed by atoms with Crippen LogP contribution >= 0.6 is 23.2 Å². The summed E-state index contributed by atoms with van der Waals surface area (Å²) in [4.78, 5) is 22.9. The molecule has 1 unspecified atom stereocenters. The molecule has 0 spiro atoms. The number of morpholine rings is 1. The Morgan fingerprint density at radius 3 is 2.57 bits per heavy atom. The first-order chi connectivity index (χ1) is 14.2. The first kappa shape index (κ1) is 22.6. The van der Waals surface area contributed by atoms with E-state index in [0.717, 1.165) is 5.56 Å². The van der Waals surface area contributed by atoms with E-state index >= 15 is 0 Å². The van der Waals surface area contributed by atoms with Gasteiger partial charge in [-0.2, -0.15) is 0 Å². The summed E-state index contributed by atoms with van der Waals surface area (Å²) in [6, 6.07) is 5.32. The molecule has 1 N–H and O–H groups in total. The lowest BCUT2D eigenvalue weighted by Gasteiger charge is -2.33. The molecule has 3 rings (SSSR count). The second-order valence-corrected chi connectivity index (χ2v) is 8.92. The molecule has 0 aliphatic carbocycles. The Morgan fingerprint density at radius 1 is 1.27 bits per heavy atom. The number of hydrogen-bond acceptors (Lipinski definition) is 6. The van der Waals surface area contributed by atoms with Crippen LogP contribution in [0, 0.1) is 5.41 Å². The van der Waals surface area contributed by atoms with Gasteiger partial charge in [0.05, 0.1) is 25.1 Å². The van der Waals surface area contributed by atoms with Gasteiger partial charge in [-0.05, 0) is 12.1 Å². The molecular weight excluding hydrogens is 427 g/mol. The summed E-state index contributed by atoms with van der Waals surface area (Å²) in [5, 5.41) is 4.05. The van der Waals surface area contributed by atoms with E-state index in [0.29, 0.717) is 48.0 Å². The largest absolute Gasteiger partial charge is 0.486 e. The smallest absolute Gasteiger partial charge is 0.225 e. The Kier molecular flexibility index (Phi) is 7.39. The number of amides is 1. The predicted octanol–water partition coefficient (Wildman–Crippen LogP) is 3.73. The molecule has 0 saturated carbocycles. The van der Waals surface area contributed by atoms with Gasteiger partial charge in [0.1, 0.15) is 6.61 Å². The number of halogens is 2. The number of anilines is 1. The molecular formula is C21H26Cl2N4O3. The lowest BCUT2D eigenvalue weighted by atomic mass is 9.95. The van der Waals surface area contributed by atoms with Crippen molar-refractivity contribution in [2.24, 2.45) is 5.41 Å². The van der Waals surface area contributed by atoms with Gasteiger partial charge in [0.2, 0.25) is 11.9 Å². The lowest BCUT2D eigenvalue weighted by molar-refractivity contribution is -0.129. The topological polar surface area (TPSA) is 76.6 Å². The molecule has 1 fully saturated rings. The van der Waals surface area contributed by atoms with Gasteiger partial charge in [-0.25, -0.2) is 9.97 Å². The number of benzene rings is 1. The number of rotatable bonds is 6. The maximum absolute atomic E-state index is 12.1. The van der Waals surface area contributed by atoms with Crippen molar-refractivity contribution in [1.29, 1.82) is 0 Å².